The van der Waals surface area contributed by atoms with Crippen molar-refractivity contribution in [1.29, 1.82) is 0 Å². The maximum absolute atomic E-state index is 12.5. The van der Waals surface area contributed by atoms with E-state index in [1.54, 1.807) is 12.1 Å². The fraction of sp³-hybridized carbons (Fsp3) is 0.471. The molecule has 1 amide bonds. The highest BCUT2D eigenvalue weighted by molar-refractivity contribution is 5.80. The van der Waals surface area contributed by atoms with Crippen molar-refractivity contribution >= 4 is 22.8 Å². The van der Waals surface area contributed by atoms with Gasteiger partial charge in [0.15, 0.2) is 0 Å². The van der Waals surface area contributed by atoms with Crippen LogP contribution in [-0.2, 0) is 11.3 Å². The van der Waals surface area contributed by atoms with Gasteiger partial charge in [-0.3, -0.25) is 25.0 Å². The van der Waals surface area contributed by atoms with Gasteiger partial charge in [0.05, 0.1) is 10.9 Å². The molecule has 122 valence electrons. The van der Waals surface area contributed by atoms with Crippen LogP contribution in [0, 0.1) is 5.92 Å². The number of fused-ring (bicyclic) bond motifs is 1. The van der Waals surface area contributed by atoms with Crippen molar-refractivity contribution in [2.24, 2.45) is 5.92 Å². The third-order valence-electron chi connectivity index (χ3n) is 4.44. The van der Waals surface area contributed by atoms with Crippen LogP contribution in [0.1, 0.15) is 39.0 Å². The molecule has 23 heavy (non-hydrogen) atoms. The summed E-state index contributed by atoms with van der Waals surface area (Å²) in [5.74, 6) is 0.799. The molecule has 0 bridgehead atoms. The van der Waals surface area contributed by atoms with E-state index in [1.807, 2.05) is 19.1 Å². The quantitative estimate of drug-likeness (QED) is 0.831. The summed E-state index contributed by atoms with van der Waals surface area (Å²) in [7, 11) is 0. The summed E-state index contributed by atoms with van der Waals surface area (Å²) < 4.78 is 1.53. The Balaban J connectivity index is 1.76. The fourth-order valence-corrected chi connectivity index (χ4v) is 3.21. The van der Waals surface area contributed by atoms with E-state index in [-0.39, 0.29) is 11.5 Å². The zero-order valence-electron chi connectivity index (χ0n) is 13.3. The van der Waals surface area contributed by atoms with Crippen molar-refractivity contribution < 1.29 is 4.79 Å². The van der Waals surface area contributed by atoms with Gasteiger partial charge in [-0.15, -0.1) is 0 Å². The van der Waals surface area contributed by atoms with E-state index in [4.69, 9.17) is 0 Å². The number of hydrogen-bond donors (Lipinski definition) is 2. The third kappa shape index (κ3) is 3.36. The summed E-state index contributed by atoms with van der Waals surface area (Å²) in [4.78, 5) is 29.0. The van der Waals surface area contributed by atoms with Gasteiger partial charge in [0.1, 0.15) is 0 Å². The number of carbonyl (C=O) groups excluding carboxylic acids is 1. The van der Waals surface area contributed by atoms with Crippen molar-refractivity contribution in [3.63, 3.8) is 0 Å². The van der Waals surface area contributed by atoms with E-state index in [2.05, 4.69) is 15.8 Å². The summed E-state index contributed by atoms with van der Waals surface area (Å²) in [5.41, 5.74) is 6.02. The number of nitrogens with one attached hydrogen (secondary N) is 2. The van der Waals surface area contributed by atoms with Crippen LogP contribution >= 0.6 is 0 Å². The van der Waals surface area contributed by atoms with Crippen LogP contribution in [0.25, 0.3) is 10.9 Å². The number of aromatic nitrogens is 2. The van der Waals surface area contributed by atoms with Gasteiger partial charge in [0, 0.05) is 13.0 Å². The van der Waals surface area contributed by atoms with Crippen LogP contribution in [0.3, 0.4) is 0 Å². The van der Waals surface area contributed by atoms with E-state index in [9.17, 15) is 9.59 Å². The number of anilines is 1. The summed E-state index contributed by atoms with van der Waals surface area (Å²) in [6, 6.07) is 7.22. The number of para-hydroxylation sites is 1. The fourth-order valence-electron chi connectivity index (χ4n) is 3.21. The molecule has 0 unspecified atom stereocenters. The summed E-state index contributed by atoms with van der Waals surface area (Å²) in [6.45, 7) is 2.36. The summed E-state index contributed by atoms with van der Waals surface area (Å²) >= 11 is 0. The number of hydrogen-bond acceptors (Lipinski definition) is 4. The molecule has 0 spiro atoms. The average Bonchev–Trinajstić information content (AvgIpc) is 3.06. The molecule has 6 nitrogen and oxygen atoms in total. The Morgan fingerprint density at radius 2 is 2.04 bits per heavy atom. The molecule has 2 aromatic rings. The van der Waals surface area contributed by atoms with E-state index in [0.717, 1.165) is 12.8 Å². The highest BCUT2D eigenvalue weighted by Gasteiger charge is 2.18. The average molecular weight is 314 g/mol. The molecule has 1 aromatic heterocycles. The van der Waals surface area contributed by atoms with Crippen molar-refractivity contribution in [2.45, 2.75) is 45.6 Å². The van der Waals surface area contributed by atoms with Gasteiger partial charge in [-0.05, 0) is 37.8 Å². The summed E-state index contributed by atoms with van der Waals surface area (Å²) in [6.07, 6.45) is 5.21. The van der Waals surface area contributed by atoms with E-state index in [1.165, 1.54) is 17.4 Å². The molecule has 6 heteroatoms. The second-order valence-electron chi connectivity index (χ2n) is 6.03. The zero-order valence-corrected chi connectivity index (χ0v) is 13.3. The lowest BCUT2D eigenvalue weighted by atomic mass is 10.0. The number of hydrazine groups is 1. The normalized spacial score (nSPS) is 15.0. The Kier molecular flexibility index (Phi) is 4.60. The molecule has 1 aromatic carbocycles. The van der Waals surface area contributed by atoms with Crippen molar-refractivity contribution in [3.8, 4) is 0 Å². The Morgan fingerprint density at radius 1 is 1.30 bits per heavy atom. The van der Waals surface area contributed by atoms with Crippen LogP contribution in [-0.4, -0.2) is 15.5 Å². The summed E-state index contributed by atoms with van der Waals surface area (Å²) in [5, 5.41) is 0.581. The number of rotatable bonds is 5. The predicted molar refractivity (Wildman–Crippen MR) is 90.0 cm³/mol. The van der Waals surface area contributed by atoms with Crippen LogP contribution in [0.5, 0.6) is 0 Å². The highest BCUT2D eigenvalue weighted by Crippen LogP contribution is 2.27. The molecule has 3 rings (SSSR count). The molecule has 1 heterocycles. The maximum atomic E-state index is 12.5. The third-order valence-corrected chi connectivity index (χ3v) is 4.44. The second-order valence-corrected chi connectivity index (χ2v) is 6.03. The van der Waals surface area contributed by atoms with Gasteiger partial charge >= 0.3 is 0 Å². The lowest BCUT2D eigenvalue weighted by Crippen LogP contribution is -2.35. The van der Waals surface area contributed by atoms with Crippen LogP contribution in [0.4, 0.5) is 5.95 Å². The van der Waals surface area contributed by atoms with Crippen molar-refractivity contribution in [1.82, 2.24) is 15.0 Å². The van der Waals surface area contributed by atoms with Crippen LogP contribution < -0.4 is 16.4 Å². The lowest BCUT2D eigenvalue weighted by molar-refractivity contribution is -0.121. The van der Waals surface area contributed by atoms with Crippen LogP contribution in [0.2, 0.25) is 0 Å². The first-order chi connectivity index (χ1) is 11.2. The first kappa shape index (κ1) is 15.5. The molecular formula is C17H22N4O2. The molecule has 1 fully saturated rings. The minimum Gasteiger partial charge on any atom is -0.277 e. The van der Waals surface area contributed by atoms with Gasteiger partial charge < -0.3 is 0 Å². The molecule has 0 atom stereocenters. The Hall–Kier alpha value is -2.37. The second kappa shape index (κ2) is 6.81. The standard InChI is InChI=1S/C17H22N4O2/c1-2-21-16(23)13-9-5-6-10-14(13)18-17(21)20-19-15(22)11-12-7-3-4-8-12/h5-6,9-10,12H,2-4,7-8,11H2,1H3,(H,18,20)(H,19,22). The van der Waals surface area contributed by atoms with E-state index in [0.29, 0.717) is 35.7 Å². The first-order valence-corrected chi connectivity index (χ1v) is 8.23. The number of amides is 1. The minimum absolute atomic E-state index is 0.0537. The monoisotopic (exact) mass is 314 g/mol. The number of nitrogens with zero attached hydrogens (tertiary/aromatic N) is 2. The Morgan fingerprint density at radius 3 is 2.78 bits per heavy atom. The topological polar surface area (TPSA) is 76.0 Å². The minimum atomic E-state index is -0.106. The van der Waals surface area contributed by atoms with E-state index >= 15 is 0 Å². The zero-order chi connectivity index (χ0) is 16.2. The van der Waals surface area contributed by atoms with E-state index < -0.39 is 0 Å². The lowest BCUT2D eigenvalue weighted by Gasteiger charge is -2.15. The van der Waals surface area contributed by atoms with Gasteiger partial charge in [-0.25, -0.2) is 4.98 Å². The molecule has 0 aliphatic heterocycles. The Bertz CT molecular complexity index is 763. The van der Waals surface area contributed by atoms with Crippen molar-refractivity contribution in [2.75, 3.05) is 5.43 Å². The maximum Gasteiger partial charge on any atom is 0.262 e. The molecule has 0 saturated heterocycles. The van der Waals surface area contributed by atoms with Gasteiger partial charge in [0.25, 0.3) is 5.56 Å². The number of benzene rings is 1. The molecular weight excluding hydrogens is 292 g/mol. The molecule has 1 aliphatic rings. The first-order valence-electron chi connectivity index (χ1n) is 8.23. The van der Waals surface area contributed by atoms with Gasteiger partial charge in [-0.2, -0.15) is 0 Å². The molecule has 1 aliphatic carbocycles. The highest BCUT2D eigenvalue weighted by atomic mass is 16.2. The predicted octanol–water partition coefficient (Wildman–Crippen LogP) is 2.44. The largest absolute Gasteiger partial charge is 0.277 e. The van der Waals surface area contributed by atoms with Crippen molar-refractivity contribution in [3.05, 3.63) is 34.6 Å². The van der Waals surface area contributed by atoms with Gasteiger partial charge in [0.2, 0.25) is 11.9 Å². The molecule has 1 saturated carbocycles. The number of carbonyl (C=O) groups is 1. The SMILES string of the molecule is CCn1c(NNC(=O)CC2CCCC2)nc2ccccc2c1=O. The van der Waals surface area contributed by atoms with Gasteiger partial charge in [-0.1, -0.05) is 25.0 Å². The smallest absolute Gasteiger partial charge is 0.262 e. The Labute approximate surface area is 134 Å². The molecule has 2 N–H and O–H groups in total. The molecule has 0 radical (unpaired) electrons. The van der Waals surface area contributed by atoms with Crippen LogP contribution in [0.15, 0.2) is 29.1 Å².